The van der Waals surface area contributed by atoms with E-state index in [1.165, 1.54) is 11.6 Å². The van der Waals surface area contributed by atoms with Crippen molar-refractivity contribution in [2.75, 3.05) is 0 Å². The Balaban J connectivity index is 1.47. The zero-order valence-corrected chi connectivity index (χ0v) is 18.7. The average Bonchev–Trinajstić information content (AvgIpc) is 2.77. The first-order chi connectivity index (χ1) is 15.0. The zero-order chi connectivity index (χ0) is 22.0. The second-order valence-electron chi connectivity index (χ2n) is 8.92. The van der Waals surface area contributed by atoms with Gasteiger partial charge in [0, 0.05) is 16.6 Å². The molecule has 4 rings (SSSR count). The summed E-state index contributed by atoms with van der Waals surface area (Å²) in [6.45, 7) is 5.95. The molecular formula is C27H29ClFNO. The van der Waals surface area contributed by atoms with E-state index >= 15 is 0 Å². The fraction of sp³-hybridized carbons (Fsp3) is 0.370. The highest BCUT2D eigenvalue weighted by molar-refractivity contribution is 6.30. The summed E-state index contributed by atoms with van der Waals surface area (Å²) in [6.07, 6.45) is 9.15. The highest BCUT2D eigenvalue weighted by Crippen LogP contribution is 2.48. The minimum absolute atomic E-state index is 0.0233. The molecule has 31 heavy (non-hydrogen) atoms. The predicted molar refractivity (Wildman–Crippen MR) is 126 cm³/mol. The van der Waals surface area contributed by atoms with Gasteiger partial charge in [0.15, 0.2) is 0 Å². The Labute approximate surface area is 189 Å². The van der Waals surface area contributed by atoms with Crippen LogP contribution in [0.5, 0.6) is 0 Å². The molecule has 4 atom stereocenters. The summed E-state index contributed by atoms with van der Waals surface area (Å²) in [7, 11) is 0. The summed E-state index contributed by atoms with van der Waals surface area (Å²) >= 11 is 5.94. The first kappa shape index (κ1) is 21.8. The molecule has 2 bridgehead atoms. The maximum absolute atomic E-state index is 14.0. The van der Waals surface area contributed by atoms with Gasteiger partial charge in [0.1, 0.15) is 5.82 Å². The highest BCUT2D eigenvalue weighted by atomic mass is 35.5. The van der Waals surface area contributed by atoms with Gasteiger partial charge in [-0.2, -0.15) is 0 Å². The molecule has 4 unspecified atom stereocenters. The summed E-state index contributed by atoms with van der Waals surface area (Å²) in [5.74, 6) is 1.23. The van der Waals surface area contributed by atoms with Crippen LogP contribution in [0.4, 0.5) is 4.39 Å². The molecule has 0 aliphatic heterocycles. The molecule has 0 saturated heterocycles. The molecule has 0 heterocycles. The molecule has 2 aliphatic rings. The Morgan fingerprint density at radius 3 is 2.58 bits per heavy atom. The number of carbonyl (C=O) groups excluding carboxylic acids is 1. The van der Waals surface area contributed by atoms with Crippen molar-refractivity contribution in [2.24, 2.45) is 17.8 Å². The first-order valence-corrected chi connectivity index (χ1v) is 11.5. The van der Waals surface area contributed by atoms with E-state index in [0.717, 1.165) is 43.2 Å². The van der Waals surface area contributed by atoms with E-state index in [-0.39, 0.29) is 17.8 Å². The van der Waals surface area contributed by atoms with Gasteiger partial charge in [-0.15, -0.1) is 0 Å². The van der Waals surface area contributed by atoms with Gasteiger partial charge in [0.25, 0.3) is 5.91 Å². The number of halogens is 2. The van der Waals surface area contributed by atoms with Gasteiger partial charge in [-0.05, 0) is 110 Å². The number of rotatable bonds is 5. The fourth-order valence-electron chi connectivity index (χ4n) is 5.51. The summed E-state index contributed by atoms with van der Waals surface area (Å²) in [4.78, 5) is 12.7. The van der Waals surface area contributed by atoms with Crippen LogP contribution in [0.15, 0.2) is 61.2 Å². The van der Waals surface area contributed by atoms with Crippen molar-refractivity contribution < 1.29 is 9.18 Å². The number of carbonyl (C=O) groups is 1. The van der Waals surface area contributed by atoms with E-state index in [1.54, 1.807) is 30.3 Å². The third kappa shape index (κ3) is 4.77. The molecule has 1 N–H and O–H groups in total. The van der Waals surface area contributed by atoms with E-state index < -0.39 is 0 Å². The minimum atomic E-state index is -0.196. The molecule has 0 radical (unpaired) electrons. The van der Waals surface area contributed by atoms with E-state index in [0.29, 0.717) is 28.3 Å². The monoisotopic (exact) mass is 437 g/mol. The molecular weight excluding hydrogens is 409 g/mol. The lowest BCUT2D eigenvalue weighted by atomic mass is 9.62. The molecule has 2 aromatic carbocycles. The van der Waals surface area contributed by atoms with Crippen LogP contribution in [0.25, 0.3) is 5.57 Å². The van der Waals surface area contributed by atoms with Crippen molar-refractivity contribution in [3.05, 3.63) is 88.7 Å². The Kier molecular flexibility index (Phi) is 6.62. The van der Waals surface area contributed by atoms with E-state index in [9.17, 15) is 9.18 Å². The maximum atomic E-state index is 14.0. The number of hydrogen-bond donors (Lipinski definition) is 1. The van der Waals surface area contributed by atoms with Gasteiger partial charge in [0.2, 0.25) is 0 Å². The molecule has 2 fully saturated rings. The van der Waals surface area contributed by atoms with Crippen molar-refractivity contribution in [1.82, 2.24) is 5.32 Å². The third-order valence-electron chi connectivity index (χ3n) is 7.07. The van der Waals surface area contributed by atoms with Gasteiger partial charge in [-0.3, -0.25) is 4.79 Å². The molecule has 162 valence electrons. The van der Waals surface area contributed by atoms with Crippen molar-refractivity contribution in [2.45, 2.75) is 45.1 Å². The van der Waals surface area contributed by atoms with Crippen molar-refractivity contribution in [3.63, 3.8) is 0 Å². The lowest BCUT2D eigenvalue weighted by Gasteiger charge is -2.45. The number of fused-ring (bicyclic) bond motifs is 2. The van der Waals surface area contributed by atoms with Gasteiger partial charge in [-0.1, -0.05) is 36.4 Å². The van der Waals surface area contributed by atoms with E-state index in [4.69, 9.17) is 11.6 Å². The van der Waals surface area contributed by atoms with Crippen LogP contribution in [0.3, 0.4) is 0 Å². The van der Waals surface area contributed by atoms with Crippen LogP contribution < -0.4 is 5.32 Å². The fourth-order valence-corrected chi connectivity index (χ4v) is 5.64. The van der Waals surface area contributed by atoms with Crippen molar-refractivity contribution in [3.8, 4) is 0 Å². The van der Waals surface area contributed by atoms with Crippen LogP contribution in [-0.2, 0) is 0 Å². The summed E-state index contributed by atoms with van der Waals surface area (Å²) in [6, 6.07) is 12.3. The second-order valence-corrected chi connectivity index (χ2v) is 9.36. The highest BCUT2D eigenvalue weighted by Gasteiger charge is 2.40. The topological polar surface area (TPSA) is 29.1 Å². The summed E-state index contributed by atoms with van der Waals surface area (Å²) in [5.41, 5.74) is 3.96. The van der Waals surface area contributed by atoms with Crippen LogP contribution in [0.2, 0.25) is 5.02 Å². The van der Waals surface area contributed by atoms with Crippen LogP contribution in [0.1, 0.15) is 53.6 Å². The average molecular weight is 438 g/mol. The van der Waals surface area contributed by atoms with Gasteiger partial charge < -0.3 is 5.32 Å². The molecule has 2 aliphatic carbocycles. The number of benzene rings is 2. The van der Waals surface area contributed by atoms with E-state index in [1.807, 2.05) is 19.1 Å². The Morgan fingerprint density at radius 2 is 1.84 bits per heavy atom. The van der Waals surface area contributed by atoms with Crippen LogP contribution >= 0.6 is 11.6 Å². The lowest BCUT2D eigenvalue weighted by Crippen LogP contribution is -2.47. The molecule has 0 aromatic heterocycles. The van der Waals surface area contributed by atoms with Crippen LogP contribution in [0, 0.1) is 30.5 Å². The van der Waals surface area contributed by atoms with Gasteiger partial charge >= 0.3 is 0 Å². The quantitative estimate of drug-likeness (QED) is 0.502. The standard InChI is InChI=1S/C27H29ClFNO/c1-3-4-24(25-16-22(29)12-5-17(25)2)23-13-8-20-15-19(23)9-14-26(20)30-27(31)18-6-10-21(28)11-7-18/h3-7,10-12,16,19-20,23,26H,1,8-9,13-15H2,2H3,(H,30,31)/b24-4-. The number of hydrogen-bond acceptors (Lipinski definition) is 1. The minimum Gasteiger partial charge on any atom is -0.349 e. The largest absolute Gasteiger partial charge is 0.349 e. The molecule has 0 spiro atoms. The molecule has 2 aromatic rings. The first-order valence-electron chi connectivity index (χ1n) is 11.1. The molecule has 2 nitrogen and oxygen atoms in total. The Bertz CT molecular complexity index is 997. The zero-order valence-electron chi connectivity index (χ0n) is 17.9. The predicted octanol–water partition coefficient (Wildman–Crippen LogP) is 6.98. The number of allylic oxidation sites excluding steroid dienone is 3. The third-order valence-corrected chi connectivity index (χ3v) is 7.32. The van der Waals surface area contributed by atoms with Crippen molar-refractivity contribution in [1.29, 1.82) is 0 Å². The lowest BCUT2D eigenvalue weighted by molar-refractivity contribution is 0.0808. The number of nitrogens with one attached hydrogen (secondary N) is 1. The summed E-state index contributed by atoms with van der Waals surface area (Å²) < 4.78 is 14.0. The smallest absolute Gasteiger partial charge is 0.251 e. The normalized spacial score (nSPS) is 25.7. The second kappa shape index (κ2) is 9.40. The number of aryl methyl sites for hydroxylation is 1. The van der Waals surface area contributed by atoms with Gasteiger partial charge in [0.05, 0.1) is 0 Å². The molecule has 2 saturated carbocycles. The molecule has 1 amide bonds. The SMILES string of the molecule is C=C/C=C(\c1cc(F)ccc1C)C1CCC2CC1CCC2NC(=O)c1ccc(Cl)cc1. The Hall–Kier alpha value is -2.39. The maximum Gasteiger partial charge on any atom is 0.251 e. The van der Waals surface area contributed by atoms with E-state index in [2.05, 4.69) is 18.0 Å². The van der Waals surface area contributed by atoms with Crippen molar-refractivity contribution >= 4 is 23.1 Å². The summed E-state index contributed by atoms with van der Waals surface area (Å²) in [5, 5.41) is 3.90. The van der Waals surface area contributed by atoms with Crippen LogP contribution in [-0.4, -0.2) is 11.9 Å². The van der Waals surface area contributed by atoms with Gasteiger partial charge in [-0.25, -0.2) is 4.39 Å². The molecule has 4 heteroatoms. The number of amides is 1. The Morgan fingerprint density at radius 1 is 1.10 bits per heavy atom.